The fourth-order valence-corrected chi connectivity index (χ4v) is 4.76. The third-order valence-electron chi connectivity index (χ3n) is 7.14. The number of hydrogen-bond donors (Lipinski definition) is 3. The van der Waals surface area contributed by atoms with Gasteiger partial charge in [0.2, 0.25) is 0 Å². The van der Waals surface area contributed by atoms with Crippen molar-refractivity contribution in [3.8, 4) is 0 Å². The van der Waals surface area contributed by atoms with Crippen LogP contribution in [0.15, 0.2) is 60.7 Å². The molecule has 0 aromatic heterocycles. The van der Waals surface area contributed by atoms with Crippen LogP contribution in [-0.2, 0) is 32.3 Å². The van der Waals surface area contributed by atoms with Gasteiger partial charge in [-0.2, -0.15) is 0 Å². The van der Waals surface area contributed by atoms with E-state index in [1.54, 1.807) is 0 Å². The third kappa shape index (κ3) is 17.9. The molecule has 0 amide bonds. The first kappa shape index (κ1) is 35.4. The minimum absolute atomic E-state index is 0.126. The molecule has 0 saturated carbocycles. The Hall–Kier alpha value is -2.78. The van der Waals surface area contributed by atoms with Gasteiger partial charge in [0.25, 0.3) is 0 Å². The zero-order chi connectivity index (χ0) is 30.3. The number of esters is 2. The molecule has 0 saturated heterocycles. The van der Waals surface area contributed by atoms with Crippen molar-refractivity contribution in [2.24, 2.45) is 0 Å². The van der Waals surface area contributed by atoms with Crippen molar-refractivity contribution in [2.45, 2.75) is 102 Å². The number of hydrogen-bond acceptors (Lipinski definition) is 8. The molecule has 2 aromatic carbocycles. The molecular formula is C34H51NO7. The summed E-state index contributed by atoms with van der Waals surface area (Å²) in [5, 5.41) is 30.4. The van der Waals surface area contributed by atoms with Gasteiger partial charge in [-0.1, -0.05) is 86.3 Å². The SMILES string of the molecule is O=C(CCCCCC(O)CN(CCCCO)CC(O)CCCCCC(=O)OCc1ccccc1)OCc1ccccc1. The van der Waals surface area contributed by atoms with E-state index in [9.17, 15) is 19.8 Å². The molecule has 2 unspecified atom stereocenters. The molecule has 2 atom stereocenters. The number of aliphatic hydroxyl groups is 3. The van der Waals surface area contributed by atoms with Crippen LogP contribution in [0.3, 0.4) is 0 Å². The summed E-state index contributed by atoms with van der Waals surface area (Å²) in [5.74, 6) is -0.405. The van der Waals surface area contributed by atoms with Crippen LogP contribution in [0.25, 0.3) is 0 Å². The van der Waals surface area contributed by atoms with Gasteiger partial charge in [-0.25, -0.2) is 0 Å². The molecule has 3 N–H and O–H groups in total. The smallest absolute Gasteiger partial charge is 0.306 e. The van der Waals surface area contributed by atoms with Crippen LogP contribution >= 0.6 is 0 Å². The average molecular weight is 586 g/mol. The topological polar surface area (TPSA) is 117 Å². The Morgan fingerprint density at radius 1 is 0.619 bits per heavy atom. The van der Waals surface area contributed by atoms with E-state index < -0.39 is 12.2 Å². The number of carbonyl (C=O) groups is 2. The summed E-state index contributed by atoms with van der Waals surface area (Å²) in [5.41, 5.74) is 1.94. The number of aliphatic hydroxyl groups excluding tert-OH is 3. The third-order valence-corrected chi connectivity index (χ3v) is 7.14. The summed E-state index contributed by atoms with van der Waals surface area (Å²) < 4.78 is 10.6. The zero-order valence-corrected chi connectivity index (χ0v) is 25.1. The molecule has 2 aromatic rings. The first-order valence-corrected chi connectivity index (χ1v) is 15.5. The van der Waals surface area contributed by atoms with E-state index >= 15 is 0 Å². The molecule has 42 heavy (non-hydrogen) atoms. The van der Waals surface area contributed by atoms with Crippen molar-refractivity contribution in [3.05, 3.63) is 71.8 Å². The number of rotatable bonds is 24. The highest BCUT2D eigenvalue weighted by Gasteiger charge is 2.16. The second-order valence-electron chi connectivity index (χ2n) is 11.0. The monoisotopic (exact) mass is 585 g/mol. The Morgan fingerprint density at radius 2 is 1.07 bits per heavy atom. The van der Waals surface area contributed by atoms with Crippen LogP contribution in [0.4, 0.5) is 0 Å². The van der Waals surface area contributed by atoms with Crippen LogP contribution in [0.2, 0.25) is 0 Å². The van der Waals surface area contributed by atoms with Gasteiger partial charge in [0.1, 0.15) is 13.2 Å². The summed E-state index contributed by atoms with van der Waals surface area (Å²) in [6.45, 7) is 2.35. The van der Waals surface area contributed by atoms with E-state index in [1.807, 2.05) is 60.7 Å². The van der Waals surface area contributed by atoms with Crippen molar-refractivity contribution >= 4 is 11.9 Å². The molecule has 2 rings (SSSR count). The molecule has 0 heterocycles. The first-order valence-electron chi connectivity index (χ1n) is 15.5. The lowest BCUT2D eigenvalue weighted by atomic mass is 10.1. The maximum atomic E-state index is 12.0. The van der Waals surface area contributed by atoms with Crippen molar-refractivity contribution < 1.29 is 34.4 Å². The number of carbonyl (C=O) groups excluding carboxylic acids is 2. The molecule has 0 aliphatic heterocycles. The molecule has 8 nitrogen and oxygen atoms in total. The summed E-state index contributed by atoms with van der Waals surface area (Å²) in [7, 11) is 0. The first-order chi connectivity index (χ1) is 20.5. The fraction of sp³-hybridized carbons (Fsp3) is 0.588. The summed E-state index contributed by atoms with van der Waals surface area (Å²) in [6.07, 6.45) is 7.21. The maximum Gasteiger partial charge on any atom is 0.306 e. The van der Waals surface area contributed by atoms with E-state index in [0.29, 0.717) is 65.0 Å². The number of ether oxygens (including phenoxy) is 2. The maximum absolute atomic E-state index is 12.0. The number of nitrogens with zero attached hydrogens (tertiary/aromatic N) is 1. The molecule has 0 aliphatic rings. The van der Waals surface area contributed by atoms with E-state index in [2.05, 4.69) is 4.90 Å². The molecule has 0 spiro atoms. The van der Waals surface area contributed by atoms with E-state index in [0.717, 1.165) is 56.1 Å². The van der Waals surface area contributed by atoms with Crippen LogP contribution in [0.5, 0.6) is 0 Å². The largest absolute Gasteiger partial charge is 0.461 e. The van der Waals surface area contributed by atoms with Crippen molar-refractivity contribution in [1.82, 2.24) is 4.90 Å². The lowest BCUT2D eigenvalue weighted by Crippen LogP contribution is -2.38. The van der Waals surface area contributed by atoms with Crippen molar-refractivity contribution in [1.29, 1.82) is 0 Å². The van der Waals surface area contributed by atoms with E-state index in [4.69, 9.17) is 14.6 Å². The van der Waals surface area contributed by atoms with Gasteiger partial charge in [0.15, 0.2) is 0 Å². The molecule has 8 heteroatoms. The van der Waals surface area contributed by atoms with Gasteiger partial charge in [0.05, 0.1) is 12.2 Å². The minimum atomic E-state index is -0.516. The van der Waals surface area contributed by atoms with Gasteiger partial charge >= 0.3 is 11.9 Å². The zero-order valence-electron chi connectivity index (χ0n) is 25.1. The Labute approximate surface area is 251 Å². The van der Waals surface area contributed by atoms with Gasteiger partial charge < -0.3 is 24.8 Å². The predicted molar refractivity (Wildman–Crippen MR) is 163 cm³/mol. The van der Waals surface area contributed by atoms with Gasteiger partial charge in [-0.05, 0) is 56.2 Å². The Morgan fingerprint density at radius 3 is 1.50 bits per heavy atom. The Bertz CT molecular complexity index is 883. The lowest BCUT2D eigenvalue weighted by Gasteiger charge is -2.27. The Kier molecular flexibility index (Phi) is 19.2. The molecule has 0 radical (unpaired) electrons. The highest BCUT2D eigenvalue weighted by molar-refractivity contribution is 5.69. The highest BCUT2D eigenvalue weighted by atomic mass is 16.5. The van der Waals surface area contributed by atoms with E-state index in [1.165, 1.54) is 0 Å². The number of unbranched alkanes of at least 4 members (excludes halogenated alkanes) is 5. The van der Waals surface area contributed by atoms with Crippen LogP contribution in [0, 0.1) is 0 Å². The predicted octanol–water partition coefficient (Wildman–Crippen LogP) is 5.17. The quantitative estimate of drug-likeness (QED) is 0.114. The summed E-state index contributed by atoms with van der Waals surface area (Å²) >= 11 is 0. The molecule has 0 bridgehead atoms. The van der Waals surface area contributed by atoms with Crippen LogP contribution in [-0.4, -0.2) is 70.6 Å². The summed E-state index contributed by atoms with van der Waals surface area (Å²) in [4.78, 5) is 26.0. The standard InChI is InChI=1S/C34H51NO7/c36-24-14-13-23-35(25-31(37)19-9-3-11-21-33(39)41-27-29-15-5-1-6-16-29)26-32(38)20-10-4-12-22-34(40)42-28-30-17-7-2-8-18-30/h1-2,5-8,15-18,31-32,36-38H,3-4,9-14,19-28H2. The molecule has 0 aliphatic carbocycles. The van der Waals surface area contributed by atoms with E-state index in [-0.39, 0.29) is 18.5 Å². The normalized spacial score (nSPS) is 12.7. The Balaban J connectivity index is 1.55. The molecule has 0 fully saturated rings. The van der Waals surface area contributed by atoms with Crippen molar-refractivity contribution in [3.63, 3.8) is 0 Å². The second kappa shape index (κ2) is 22.8. The van der Waals surface area contributed by atoms with Gasteiger partial charge in [-0.15, -0.1) is 0 Å². The average Bonchev–Trinajstić information content (AvgIpc) is 2.99. The van der Waals surface area contributed by atoms with Crippen molar-refractivity contribution in [2.75, 3.05) is 26.2 Å². The highest BCUT2D eigenvalue weighted by Crippen LogP contribution is 2.13. The van der Waals surface area contributed by atoms with Crippen LogP contribution < -0.4 is 0 Å². The molecular weight excluding hydrogens is 534 g/mol. The number of benzene rings is 2. The van der Waals surface area contributed by atoms with Gasteiger partial charge in [-0.3, -0.25) is 14.5 Å². The second-order valence-corrected chi connectivity index (χ2v) is 11.0. The molecule has 234 valence electrons. The summed E-state index contributed by atoms with van der Waals surface area (Å²) in [6, 6.07) is 19.2. The lowest BCUT2D eigenvalue weighted by molar-refractivity contribution is -0.146. The van der Waals surface area contributed by atoms with Gasteiger partial charge in [0, 0.05) is 32.5 Å². The minimum Gasteiger partial charge on any atom is -0.461 e. The van der Waals surface area contributed by atoms with Crippen LogP contribution in [0.1, 0.15) is 88.2 Å². The fourth-order valence-electron chi connectivity index (χ4n) is 4.76.